The third kappa shape index (κ3) is 3.68. The van der Waals surface area contributed by atoms with E-state index in [1.807, 2.05) is 0 Å². The number of nitro groups is 1. The molecule has 0 amide bonds. The van der Waals surface area contributed by atoms with E-state index in [0.29, 0.717) is 5.82 Å². The molecule has 0 bridgehead atoms. The van der Waals surface area contributed by atoms with Crippen molar-refractivity contribution in [1.82, 2.24) is 5.10 Å². The van der Waals surface area contributed by atoms with Crippen LogP contribution in [0.25, 0.3) is 0 Å². The van der Waals surface area contributed by atoms with Crippen molar-refractivity contribution < 1.29 is 31.0 Å². The summed E-state index contributed by atoms with van der Waals surface area (Å²) >= 11 is 0. The second-order valence-corrected chi connectivity index (χ2v) is 3.66. The standard InChI is InChI=1S/C11H9FN4O2.BrH/c12-10-5-6-11(13)15(14-10)7-8-1-3-9(4-2-8)16(17)18;/h1-6,13H,7H2;1H. The molecule has 100 valence electrons. The van der Waals surface area contributed by atoms with Crippen LogP contribution in [-0.2, 0) is 6.54 Å². The van der Waals surface area contributed by atoms with Crippen molar-refractivity contribution in [3.63, 3.8) is 0 Å². The average molecular weight is 329 g/mol. The number of non-ortho nitro benzene ring substituents is 1. The minimum Gasteiger partial charge on any atom is -1.00 e. The first-order chi connectivity index (χ1) is 8.56. The lowest BCUT2D eigenvalue weighted by molar-refractivity contribution is -0.735. The molecule has 1 heterocycles. The van der Waals surface area contributed by atoms with E-state index < -0.39 is 10.9 Å². The van der Waals surface area contributed by atoms with Crippen molar-refractivity contribution in [1.29, 1.82) is 0 Å². The minimum atomic E-state index is -0.633. The number of aromatic nitrogens is 2. The average Bonchev–Trinajstić information content (AvgIpc) is 2.34. The maximum absolute atomic E-state index is 12.9. The Morgan fingerprint density at radius 3 is 2.47 bits per heavy atom. The van der Waals surface area contributed by atoms with Crippen molar-refractivity contribution in [2.75, 3.05) is 5.73 Å². The highest BCUT2D eigenvalue weighted by Crippen LogP contribution is 2.11. The predicted molar refractivity (Wildman–Crippen MR) is 61.0 cm³/mol. The van der Waals surface area contributed by atoms with Gasteiger partial charge in [-0.3, -0.25) is 15.8 Å². The maximum Gasteiger partial charge on any atom is 0.293 e. The third-order valence-electron chi connectivity index (χ3n) is 2.39. The predicted octanol–water partition coefficient (Wildman–Crippen LogP) is -1.95. The van der Waals surface area contributed by atoms with Gasteiger partial charge in [0.2, 0.25) is 0 Å². The quantitative estimate of drug-likeness (QED) is 0.403. The Balaban J connectivity index is 0.00000180. The monoisotopic (exact) mass is 328 g/mol. The topological polar surface area (TPSA) is 85.9 Å². The van der Waals surface area contributed by atoms with Crippen molar-refractivity contribution in [3.8, 4) is 0 Å². The lowest BCUT2D eigenvalue weighted by Gasteiger charge is -2.01. The molecule has 0 atom stereocenters. The zero-order valence-electron chi connectivity index (χ0n) is 9.66. The number of nitrogens with zero attached hydrogens (tertiary/aromatic N) is 3. The van der Waals surface area contributed by atoms with Crippen LogP contribution in [0, 0.1) is 16.1 Å². The summed E-state index contributed by atoms with van der Waals surface area (Å²) in [5, 5.41) is 14.1. The van der Waals surface area contributed by atoms with Crippen molar-refractivity contribution in [2.24, 2.45) is 0 Å². The van der Waals surface area contributed by atoms with Crippen molar-refractivity contribution in [3.05, 3.63) is 58.0 Å². The molecule has 2 rings (SSSR count). The van der Waals surface area contributed by atoms with Crippen LogP contribution in [0.2, 0.25) is 0 Å². The summed E-state index contributed by atoms with van der Waals surface area (Å²) < 4.78 is 14.2. The van der Waals surface area contributed by atoms with Gasteiger partial charge in [-0.25, -0.2) is 0 Å². The highest BCUT2D eigenvalue weighted by molar-refractivity contribution is 5.32. The lowest BCUT2D eigenvalue weighted by atomic mass is 10.2. The Bertz CT molecular complexity index is 592. The fraction of sp³-hybridized carbons (Fsp3) is 0.0909. The summed E-state index contributed by atoms with van der Waals surface area (Å²) in [6.45, 7) is 0.252. The highest BCUT2D eigenvalue weighted by Gasteiger charge is 2.10. The van der Waals surface area contributed by atoms with Gasteiger partial charge in [0, 0.05) is 24.3 Å². The summed E-state index contributed by atoms with van der Waals surface area (Å²) in [4.78, 5) is 10.0. The van der Waals surface area contributed by atoms with E-state index in [1.165, 1.54) is 28.9 Å². The second kappa shape index (κ2) is 6.19. The van der Waals surface area contributed by atoms with Gasteiger partial charge in [0.1, 0.15) is 6.54 Å². The molecule has 19 heavy (non-hydrogen) atoms. The minimum absolute atomic E-state index is 0. The summed E-state index contributed by atoms with van der Waals surface area (Å²) in [6.07, 6.45) is 0. The van der Waals surface area contributed by atoms with Crippen LogP contribution in [0.1, 0.15) is 5.56 Å². The van der Waals surface area contributed by atoms with E-state index >= 15 is 0 Å². The summed E-state index contributed by atoms with van der Waals surface area (Å²) in [7, 11) is 0. The molecule has 0 saturated carbocycles. The molecule has 2 N–H and O–H groups in total. The smallest absolute Gasteiger partial charge is 0.293 e. The van der Waals surface area contributed by atoms with E-state index in [1.54, 1.807) is 12.1 Å². The molecule has 0 radical (unpaired) electrons. The van der Waals surface area contributed by atoms with Gasteiger partial charge in [0.05, 0.1) is 4.92 Å². The number of hydrogen-bond acceptors (Lipinski definition) is 4. The van der Waals surface area contributed by atoms with Gasteiger partial charge < -0.3 is 17.0 Å². The SMILES string of the molecule is Nc1ccc(F)n[n+]1Cc1ccc([N+](=O)[O-])cc1.[Br-]. The van der Waals surface area contributed by atoms with Gasteiger partial charge in [-0.05, 0) is 17.7 Å². The first-order valence-electron chi connectivity index (χ1n) is 5.12. The molecule has 0 fully saturated rings. The number of hydrogen-bond donors (Lipinski definition) is 1. The molecule has 1 aromatic carbocycles. The largest absolute Gasteiger partial charge is 1.00 e. The Kier molecular flexibility index (Phi) is 4.87. The first-order valence-corrected chi connectivity index (χ1v) is 5.12. The van der Waals surface area contributed by atoms with E-state index in [4.69, 9.17) is 5.73 Å². The van der Waals surface area contributed by atoms with E-state index in [-0.39, 0.29) is 29.2 Å². The molecule has 0 spiro atoms. The number of nitro benzene ring substituents is 1. The molecule has 0 saturated heterocycles. The summed E-state index contributed by atoms with van der Waals surface area (Å²) in [6, 6.07) is 8.50. The van der Waals surface area contributed by atoms with Crippen LogP contribution in [-0.4, -0.2) is 10.0 Å². The Morgan fingerprint density at radius 2 is 1.89 bits per heavy atom. The molecule has 6 nitrogen and oxygen atoms in total. The first kappa shape index (κ1) is 15.0. The normalized spacial score (nSPS) is 9.74. The Labute approximate surface area is 118 Å². The molecular weight excluding hydrogens is 319 g/mol. The van der Waals surface area contributed by atoms with Gasteiger partial charge in [0.25, 0.3) is 17.5 Å². The number of nitrogen functional groups attached to an aromatic ring is 1. The number of halogens is 2. The van der Waals surface area contributed by atoms with Gasteiger partial charge >= 0.3 is 0 Å². The zero-order valence-corrected chi connectivity index (χ0v) is 11.2. The molecule has 1 aromatic heterocycles. The van der Waals surface area contributed by atoms with Gasteiger partial charge in [-0.2, -0.15) is 4.39 Å². The molecule has 2 aromatic rings. The van der Waals surface area contributed by atoms with Crippen LogP contribution < -0.4 is 27.4 Å². The van der Waals surface area contributed by atoms with Crippen LogP contribution >= 0.6 is 0 Å². The molecular formula is C11H10BrFN4O2. The molecule has 0 aliphatic heterocycles. The molecule has 0 aliphatic rings. The molecule has 0 unspecified atom stereocenters. The fourth-order valence-corrected chi connectivity index (χ4v) is 1.47. The fourth-order valence-electron chi connectivity index (χ4n) is 1.47. The van der Waals surface area contributed by atoms with Crippen LogP contribution in [0.3, 0.4) is 0 Å². The van der Waals surface area contributed by atoms with Gasteiger partial charge in [-0.1, -0.05) is 5.10 Å². The van der Waals surface area contributed by atoms with Crippen LogP contribution in [0.5, 0.6) is 0 Å². The molecule has 0 aliphatic carbocycles. The maximum atomic E-state index is 12.9. The zero-order chi connectivity index (χ0) is 13.1. The number of nitrogens with two attached hydrogens (primary N) is 1. The molecule has 8 heteroatoms. The Hall–Kier alpha value is -2.09. The third-order valence-corrected chi connectivity index (χ3v) is 2.39. The van der Waals surface area contributed by atoms with Gasteiger partial charge in [0.15, 0.2) is 0 Å². The van der Waals surface area contributed by atoms with Crippen molar-refractivity contribution >= 4 is 11.5 Å². The van der Waals surface area contributed by atoms with Crippen LogP contribution in [0.15, 0.2) is 36.4 Å². The Morgan fingerprint density at radius 1 is 1.26 bits per heavy atom. The number of benzene rings is 1. The van der Waals surface area contributed by atoms with E-state index in [0.717, 1.165) is 5.56 Å². The second-order valence-electron chi connectivity index (χ2n) is 3.66. The summed E-state index contributed by atoms with van der Waals surface area (Å²) in [5.41, 5.74) is 6.39. The van der Waals surface area contributed by atoms with E-state index in [9.17, 15) is 14.5 Å². The highest BCUT2D eigenvalue weighted by atomic mass is 79.9. The number of anilines is 1. The van der Waals surface area contributed by atoms with Crippen molar-refractivity contribution in [2.45, 2.75) is 6.54 Å². The van der Waals surface area contributed by atoms with Gasteiger partial charge in [-0.15, -0.1) is 4.68 Å². The lowest BCUT2D eigenvalue weighted by Crippen LogP contribution is -3.00. The van der Waals surface area contributed by atoms with E-state index in [2.05, 4.69) is 5.10 Å². The van der Waals surface area contributed by atoms with Crippen LogP contribution in [0.4, 0.5) is 15.9 Å². The number of rotatable bonds is 3. The summed E-state index contributed by atoms with van der Waals surface area (Å²) in [5.74, 6) is -0.319.